The first kappa shape index (κ1) is 15.7. The van der Waals surface area contributed by atoms with Crippen molar-refractivity contribution in [3.8, 4) is 11.5 Å². The van der Waals surface area contributed by atoms with Crippen LogP contribution in [0.25, 0.3) is 0 Å². The summed E-state index contributed by atoms with van der Waals surface area (Å²) in [4.78, 5) is 0. The molecule has 0 aliphatic rings. The van der Waals surface area contributed by atoms with Gasteiger partial charge < -0.3 is 14.8 Å². The lowest BCUT2D eigenvalue weighted by atomic mass is 10.3. The summed E-state index contributed by atoms with van der Waals surface area (Å²) in [6.07, 6.45) is 0. The Morgan fingerprint density at radius 1 is 0.913 bits per heavy atom. The van der Waals surface area contributed by atoms with Gasteiger partial charge in [-0.15, -0.1) is 0 Å². The fourth-order valence-electron chi connectivity index (χ4n) is 1.79. The lowest BCUT2D eigenvalue weighted by Gasteiger charge is -2.09. The first-order valence-electron chi connectivity index (χ1n) is 6.83. The average molecular weight is 393 g/mol. The molecule has 1 heterocycles. The van der Waals surface area contributed by atoms with Crippen LogP contribution >= 0.6 is 27.5 Å². The van der Waals surface area contributed by atoms with Gasteiger partial charge in [-0.05, 0) is 53.7 Å². The van der Waals surface area contributed by atoms with Crippen LogP contribution in [-0.2, 0) is 0 Å². The number of ether oxygens (including phenoxy) is 2. The van der Waals surface area contributed by atoms with E-state index in [-0.39, 0.29) is 0 Å². The van der Waals surface area contributed by atoms with Crippen molar-refractivity contribution >= 4 is 38.3 Å². The van der Waals surface area contributed by atoms with E-state index in [0.717, 1.165) is 21.7 Å². The zero-order chi connectivity index (χ0) is 15.9. The molecule has 0 atom stereocenters. The summed E-state index contributed by atoms with van der Waals surface area (Å²) in [5.41, 5.74) is 0.905. The molecule has 3 rings (SSSR count). The molecule has 0 radical (unpaired) electrons. The SMILES string of the molecule is Brc1ccc(OCCOc2ccc(Nc3nnns3)cc2)cc1. The van der Waals surface area contributed by atoms with E-state index in [1.807, 2.05) is 48.5 Å². The highest BCUT2D eigenvalue weighted by atomic mass is 79.9. The van der Waals surface area contributed by atoms with Crippen LogP contribution in [0.4, 0.5) is 10.8 Å². The van der Waals surface area contributed by atoms with Gasteiger partial charge in [-0.25, -0.2) is 0 Å². The third-order valence-corrected chi connectivity index (χ3v) is 3.88. The average Bonchev–Trinajstić information content (AvgIpc) is 3.08. The monoisotopic (exact) mass is 392 g/mol. The minimum atomic E-state index is 0.475. The Kier molecular flexibility index (Phi) is 5.38. The largest absolute Gasteiger partial charge is 0.490 e. The molecule has 0 spiro atoms. The van der Waals surface area contributed by atoms with Crippen molar-refractivity contribution in [3.63, 3.8) is 0 Å². The Bertz CT molecular complexity index is 720. The van der Waals surface area contributed by atoms with Crippen LogP contribution < -0.4 is 14.8 Å². The minimum absolute atomic E-state index is 0.475. The number of aromatic nitrogens is 3. The molecule has 0 aliphatic heterocycles. The molecule has 0 saturated carbocycles. The van der Waals surface area contributed by atoms with E-state index in [0.29, 0.717) is 18.3 Å². The van der Waals surface area contributed by atoms with E-state index in [4.69, 9.17) is 9.47 Å². The van der Waals surface area contributed by atoms with Crippen LogP contribution in [0.15, 0.2) is 53.0 Å². The molecular weight excluding hydrogens is 380 g/mol. The topological polar surface area (TPSA) is 69.2 Å². The highest BCUT2D eigenvalue weighted by molar-refractivity contribution is 9.10. The summed E-state index contributed by atoms with van der Waals surface area (Å²) < 4.78 is 16.0. The summed E-state index contributed by atoms with van der Waals surface area (Å²) in [7, 11) is 0. The molecule has 1 N–H and O–H groups in total. The first-order valence-corrected chi connectivity index (χ1v) is 8.39. The minimum Gasteiger partial charge on any atom is -0.490 e. The predicted octanol–water partition coefficient (Wildman–Crippen LogP) is 3.90. The van der Waals surface area contributed by atoms with Crippen LogP contribution in [-0.4, -0.2) is 28.0 Å². The van der Waals surface area contributed by atoms with Gasteiger partial charge in [0.1, 0.15) is 24.7 Å². The van der Waals surface area contributed by atoms with Crippen molar-refractivity contribution in [1.29, 1.82) is 0 Å². The van der Waals surface area contributed by atoms with Crippen LogP contribution in [0.5, 0.6) is 11.5 Å². The molecule has 8 heteroatoms. The van der Waals surface area contributed by atoms with Crippen LogP contribution in [0.3, 0.4) is 0 Å². The Morgan fingerprint density at radius 3 is 2.09 bits per heavy atom. The van der Waals surface area contributed by atoms with Gasteiger partial charge in [-0.3, -0.25) is 0 Å². The number of nitrogens with one attached hydrogen (secondary N) is 1. The van der Waals surface area contributed by atoms with Gasteiger partial charge in [0, 0.05) is 21.7 Å². The van der Waals surface area contributed by atoms with Gasteiger partial charge >= 0.3 is 0 Å². The summed E-state index contributed by atoms with van der Waals surface area (Å²) in [5, 5.41) is 11.1. The van der Waals surface area contributed by atoms with E-state index in [9.17, 15) is 0 Å². The Balaban J connectivity index is 1.42. The van der Waals surface area contributed by atoms with Crippen LogP contribution in [0.2, 0.25) is 0 Å². The van der Waals surface area contributed by atoms with Gasteiger partial charge in [-0.2, -0.15) is 0 Å². The molecule has 0 fully saturated rings. The van der Waals surface area contributed by atoms with E-state index in [2.05, 4.69) is 36.0 Å². The standard InChI is InChI=1S/C15H13BrN4O2S/c16-11-1-5-13(6-2-11)21-9-10-22-14-7-3-12(4-8-14)17-15-18-19-20-23-15/h1-8H,9-10H2,(H,17,18,20). The number of halogens is 1. The molecule has 0 saturated heterocycles. The molecular formula is C15H13BrN4O2S. The molecule has 1 aromatic heterocycles. The van der Waals surface area contributed by atoms with E-state index < -0.39 is 0 Å². The molecule has 0 aliphatic carbocycles. The molecule has 6 nitrogen and oxygen atoms in total. The van der Waals surface area contributed by atoms with Crippen LogP contribution in [0, 0.1) is 0 Å². The number of benzene rings is 2. The van der Waals surface area contributed by atoms with Gasteiger partial charge in [0.25, 0.3) is 0 Å². The highest BCUT2D eigenvalue weighted by Gasteiger charge is 2.00. The molecule has 23 heavy (non-hydrogen) atoms. The van der Waals surface area contributed by atoms with Gasteiger partial charge in [-0.1, -0.05) is 25.5 Å². The zero-order valence-electron chi connectivity index (χ0n) is 12.0. The second-order valence-corrected chi connectivity index (χ2v) is 6.12. The van der Waals surface area contributed by atoms with Crippen molar-refractivity contribution in [2.75, 3.05) is 18.5 Å². The number of nitrogens with zero attached hydrogens (tertiary/aromatic N) is 3. The molecule has 3 aromatic rings. The Labute approximate surface area is 145 Å². The fraction of sp³-hybridized carbons (Fsp3) is 0.133. The maximum atomic E-state index is 5.64. The summed E-state index contributed by atoms with van der Waals surface area (Å²) >= 11 is 4.59. The zero-order valence-corrected chi connectivity index (χ0v) is 14.4. The highest BCUT2D eigenvalue weighted by Crippen LogP contribution is 2.20. The van der Waals surface area contributed by atoms with Crippen molar-refractivity contribution in [2.45, 2.75) is 0 Å². The molecule has 0 amide bonds. The molecule has 0 unspecified atom stereocenters. The number of rotatable bonds is 7. The maximum absolute atomic E-state index is 5.64. The van der Waals surface area contributed by atoms with Gasteiger partial charge in [0.2, 0.25) is 5.13 Å². The third-order valence-electron chi connectivity index (χ3n) is 2.84. The van der Waals surface area contributed by atoms with E-state index in [1.54, 1.807) is 0 Å². The van der Waals surface area contributed by atoms with Crippen molar-refractivity contribution in [3.05, 3.63) is 53.0 Å². The number of hydrogen-bond acceptors (Lipinski definition) is 7. The Hall–Kier alpha value is -2.19. The second kappa shape index (κ2) is 7.89. The van der Waals surface area contributed by atoms with Crippen molar-refractivity contribution < 1.29 is 9.47 Å². The maximum Gasteiger partial charge on any atom is 0.229 e. The lowest BCUT2D eigenvalue weighted by molar-refractivity contribution is 0.217. The van der Waals surface area contributed by atoms with Crippen LogP contribution in [0.1, 0.15) is 0 Å². The van der Waals surface area contributed by atoms with Gasteiger partial charge in [0.15, 0.2) is 0 Å². The fourth-order valence-corrected chi connectivity index (χ4v) is 2.44. The smallest absolute Gasteiger partial charge is 0.229 e. The normalized spacial score (nSPS) is 10.3. The number of hydrogen-bond donors (Lipinski definition) is 1. The number of anilines is 2. The first-order chi connectivity index (χ1) is 11.3. The van der Waals surface area contributed by atoms with E-state index >= 15 is 0 Å². The Morgan fingerprint density at radius 2 is 1.52 bits per heavy atom. The molecule has 0 bridgehead atoms. The molecule has 118 valence electrons. The summed E-state index contributed by atoms with van der Waals surface area (Å²) in [6, 6.07) is 15.3. The molecule has 2 aromatic carbocycles. The second-order valence-electron chi connectivity index (χ2n) is 4.47. The van der Waals surface area contributed by atoms with Crippen molar-refractivity contribution in [1.82, 2.24) is 14.8 Å². The van der Waals surface area contributed by atoms with Gasteiger partial charge in [0.05, 0.1) is 0 Å². The third kappa shape index (κ3) is 4.90. The quantitative estimate of drug-likeness (QED) is 0.614. The summed E-state index contributed by atoms with van der Waals surface area (Å²) in [5.74, 6) is 1.60. The van der Waals surface area contributed by atoms with E-state index in [1.165, 1.54) is 11.5 Å². The lowest BCUT2D eigenvalue weighted by Crippen LogP contribution is -2.08. The summed E-state index contributed by atoms with van der Waals surface area (Å²) in [6.45, 7) is 0.960. The predicted molar refractivity (Wildman–Crippen MR) is 92.6 cm³/mol. The van der Waals surface area contributed by atoms with Crippen molar-refractivity contribution in [2.24, 2.45) is 0 Å².